The van der Waals surface area contributed by atoms with Crippen molar-refractivity contribution in [3.8, 4) is 11.4 Å². The lowest BCUT2D eigenvalue weighted by atomic mass is 10.1. The highest BCUT2D eigenvalue weighted by molar-refractivity contribution is 5.61. The predicted octanol–water partition coefficient (Wildman–Crippen LogP) is 1.98. The third-order valence-electron chi connectivity index (χ3n) is 5.49. The van der Waals surface area contributed by atoms with Crippen molar-refractivity contribution in [3.63, 3.8) is 0 Å². The third-order valence-corrected chi connectivity index (χ3v) is 5.49. The zero-order valence-corrected chi connectivity index (χ0v) is 16.0. The molecule has 2 aromatic rings. The predicted molar refractivity (Wildman–Crippen MR) is 107 cm³/mol. The standard InChI is InChI=1S/C21H26FN5O/c1-16(14-25-8-5-18(28)15-25)26-9-11-27(12-10-26)20-4-3-17(13-19(20)22)21-23-6-2-7-24-21/h2-4,6-7,13,18,28H,1,5,8-12,14-15H2. The average molecular weight is 383 g/mol. The summed E-state index contributed by atoms with van der Waals surface area (Å²) < 4.78 is 14.7. The second-order valence-corrected chi connectivity index (χ2v) is 7.46. The van der Waals surface area contributed by atoms with E-state index in [0.29, 0.717) is 17.1 Å². The molecule has 0 amide bonds. The topological polar surface area (TPSA) is 55.7 Å². The molecule has 1 aromatic heterocycles. The number of hydrogen-bond donors (Lipinski definition) is 1. The van der Waals surface area contributed by atoms with Gasteiger partial charge >= 0.3 is 0 Å². The molecule has 4 rings (SSSR count). The van der Waals surface area contributed by atoms with E-state index in [1.807, 2.05) is 12.1 Å². The van der Waals surface area contributed by atoms with Gasteiger partial charge in [0, 0.05) is 69.5 Å². The molecule has 1 N–H and O–H groups in total. The molecule has 2 aliphatic rings. The molecular weight excluding hydrogens is 357 g/mol. The largest absolute Gasteiger partial charge is 0.392 e. The van der Waals surface area contributed by atoms with Gasteiger partial charge in [-0.05, 0) is 30.7 Å². The van der Waals surface area contributed by atoms with E-state index in [2.05, 4.69) is 31.2 Å². The highest BCUT2D eigenvalue weighted by Gasteiger charge is 2.24. The SMILES string of the molecule is C=C(CN1CCC(O)C1)N1CCN(c2ccc(-c3ncccn3)cc2F)CC1. The quantitative estimate of drug-likeness (QED) is 0.852. The molecule has 2 saturated heterocycles. The van der Waals surface area contributed by atoms with E-state index in [9.17, 15) is 9.50 Å². The lowest BCUT2D eigenvalue weighted by Crippen LogP contribution is -2.47. The van der Waals surface area contributed by atoms with Gasteiger partial charge in [0.1, 0.15) is 5.82 Å². The van der Waals surface area contributed by atoms with Crippen LogP contribution in [0.4, 0.5) is 10.1 Å². The molecule has 0 radical (unpaired) electrons. The number of β-amino-alcohol motifs (C(OH)–C–C–N with tert-alkyl or cyclic N) is 1. The summed E-state index contributed by atoms with van der Waals surface area (Å²) in [6.45, 7) is 9.79. The van der Waals surface area contributed by atoms with Crippen LogP contribution >= 0.6 is 0 Å². The van der Waals surface area contributed by atoms with Crippen LogP contribution < -0.4 is 4.90 Å². The number of rotatable bonds is 5. The maximum atomic E-state index is 14.7. The Kier molecular flexibility index (Phi) is 5.54. The number of piperazine rings is 1. The van der Waals surface area contributed by atoms with Crippen molar-refractivity contribution >= 4 is 5.69 Å². The fourth-order valence-electron chi connectivity index (χ4n) is 3.93. The third kappa shape index (κ3) is 4.15. The van der Waals surface area contributed by atoms with Gasteiger partial charge in [-0.25, -0.2) is 14.4 Å². The lowest BCUT2D eigenvalue weighted by molar-refractivity contribution is 0.175. The van der Waals surface area contributed by atoms with Crippen molar-refractivity contribution in [3.05, 3.63) is 54.8 Å². The molecule has 148 valence electrons. The van der Waals surface area contributed by atoms with Gasteiger partial charge < -0.3 is 14.9 Å². The highest BCUT2D eigenvalue weighted by atomic mass is 19.1. The van der Waals surface area contributed by atoms with E-state index in [1.165, 1.54) is 6.07 Å². The minimum Gasteiger partial charge on any atom is -0.392 e. The zero-order chi connectivity index (χ0) is 19.5. The number of benzene rings is 1. The molecule has 7 heteroatoms. The van der Waals surface area contributed by atoms with Gasteiger partial charge in [-0.1, -0.05) is 6.58 Å². The average Bonchev–Trinajstić information content (AvgIpc) is 3.13. The van der Waals surface area contributed by atoms with Crippen molar-refractivity contribution in [2.45, 2.75) is 12.5 Å². The zero-order valence-electron chi connectivity index (χ0n) is 16.0. The first-order valence-electron chi connectivity index (χ1n) is 9.75. The van der Waals surface area contributed by atoms with Crippen LogP contribution in [0.2, 0.25) is 0 Å². The van der Waals surface area contributed by atoms with E-state index in [0.717, 1.165) is 57.9 Å². The molecule has 0 spiro atoms. The molecule has 2 fully saturated rings. The molecular formula is C21H26FN5O. The van der Waals surface area contributed by atoms with Gasteiger partial charge in [-0.3, -0.25) is 4.90 Å². The summed E-state index contributed by atoms with van der Waals surface area (Å²) in [6.07, 6.45) is 3.94. The Labute approximate surface area is 164 Å². The number of aliphatic hydroxyl groups excluding tert-OH is 1. The molecule has 3 heterocycles. The van der Waals surface area contributed by atoms with Crippen LogP contribution in [0.25, 0.3) is 11.4 Å². The fraction of sp³-hybridized carbons (Fsp3) is 0.429. The Hall–Kier alpha value is -2.51. The van der Waals surface area contributed by atoms with Crippen LogP contribution in [0.15, 0.2) is 48.9 Å². The Morgan fingerprint density at radius 3 is 2.54 bits per heavy atom. The number of halogens is 1. The Bertz CT molecular complexity index is 823. The molecule has 0 aliphatic carbocycles. The van der Waals surface area contributed by atoms with E-state index < -0.39 is 0 Å². The first kappa shape index (κ1) is 18.8. The minimum atomic E-state index is -0.247. The molecule has 0 saturated carbocycles. The van der Waals surface area contributed by atoms with Crippen LogP contribution in [0.3, 0.4) is 0 Å². The summed E-state index contributed by atoms with van der Waals surface area (Å²) in [7, 11) is 0. The van der Waals surface area contributed by atoms with Gasteiger partial charge in [-0.15, -0.1) is 0 Å². The van der Waals surface area contributed by atoms with Crippen molar-refractivity contribution in [2.75, 3.05) is 50.7 Å². The minimum absolute atomic E-state index is 0.211. The molecule has 2 aliphatic heterocycles. The summed E-state index contributed by atoms with van der Waals surface area (Å²) >= 11 is 0. The number of hydrogen-bond acceptors (Lipinski definition) is 6. The second kappa shape index (κ2) is 8.24. The number of aromatic nitrogens is 2. The van der Waals surface area contributed by atoms with Gasteiger partial charge in [0.15, 0.2) is 5.82 Å². The molecule has 28 heavy (non-hydrogen) atoms. The van der Waals surface area contributed by atoms with Crippen molar-refractivity contribution in [1.82, 2.24) is 19.8 Å². The number of aliphatic hydroxyl groups is 1. The van der Waals surface area contributed by atoms with Crippen LogP contribution in [0.5, 0.6) is 0 Å². The summed E-state index contributed by atoms with van der Waals surface area (Å²) in [6, 6.07) is 6.94. The van der Waals surface area contributed by atoms with Crippen molar-refractivity contribution in [1.29, 1.82) is 0 Å². The fourth-order valence-corrected chi connectivity index (χ4v) is 3.93. The maximum Gasteiger partial charge on any atom is 0.159 e. The Morgan fingerprint density at radius 1 is 1.14 bits per heavy atom. The van der Waals surface area contributed by atoms with E-state index in [4.69, 9.17) is 0 Å². The van der Waals surface area contributed by atoms with Gasteiger partial charge in [-0.2, -0.15) is 0 Å². The van der Waals surface area contributed by atoms with Crippen LogP contribution in [0, 0.1) is 5.82 Å². The summed E-state index contributed by atoms with van der Waals surface area (Å²) in [5.41, 5.74) is 2.38. The highest BCUT2D eigenvalue weighted by Crippen LogP contribution is 2.26. The summed E-state index contributed by atoms with van der Waals surface area (Å²) in [5, 5.41) is 9.67. The number of nitrogens with zero attached hydrogens (tertiary/aromatic N) is 5. The normalized spacial score (nSPS) is 20.6. The molecule has 1 aromatic carbocycles. The van der Waals surface area contributed by atoms with E-state index in [-0.39, 0.29) is 11.9 Å². The summed E-state index contributed by atoms with van der Waals surface area (Å²) in [5.74, 6) is 0.282. The molecule has 1 atom stereocenters. The first-order chi connectivity index (χ1) is 13.6. The van der Waals surface area contributed by atoms with Crippen LogP contribution in [-0.2, 0) is 0 Å². The summed E-state index contributed by atoms with van der Waals surface area (Å²) in [4.78, 5) is 14.9. The van der Waals surface area contributed by atoms with E-state index >= 15 is 0 Å². The van der Waals surface area contributed by atoms with Crippen molar-refractivity contribution in [2.24, 2.45) is 0 Å². The first-order valence-corrected chi connectivity index (χ1v) is 9.75. The second-order valence-electron chi connectivity index (χ2n) is 7.46. The van der Waals surface area contributed by atoms with E-state index in [1.54, 1.807) is 18.5 Å². The molecule has 1 unspecified atom stereocenters. The Morgan fingerprint density at radius 2 is 1.89 bits per heavy atom. The molecule has 6 nitrogen and oxygen atoms in total. The van der Waals surface area contributed by atoms with Gasteiger partial charge in [0.05, 0.1) is 11.8 Å². The Balaban J connectivity index is 1.35. The van der Waals surface area contributed by atoms with Gasteiger partial charge in [0.2, 0.25) is 0 Å². The van der Waals surface area contributed by atoms with Crippen molar-refractivity contribution < 1.29 is 9.50 Å². The number of likely N-dealkylation sites (tertiary alicyclic amines) is 1. The van der Waals surface area contributed by atoms with Gasteiger partial charge in [0.25, 0.3) is 0 Å². The number of anilines is 1. The molecule has 0 bridgehead atoms. The lowest BCUT2D eigenvalue weighted by Gasteiger charge is -2.39. The monoisotopic (exact) mass is 383 g/mol. The maximum absolute atomic E-state index is 14.7. The van der Waals surface area contributed by atoms with Crippen LogP contribution in [0.1, 0.15) is 6.42 Å². The van der Waals surface area contributed by atoms with Crippen LogP contribution in [-0.4, -0.2) is 76.8 Å². The smallest absolute Gasteiger partial charge is 0.159 e.